The molecule has 2 aromatic heterocycles. The molecule has 0 saturated carbocycles. The van der Waals surface area contributed by atoms with E-state index in [9.17, 15) is 10.1 Å². The van der Waals surface area contributed by atoms with Gasteiger partial charge in [-0.05, 0) is 24.3 Å². The first-order valence-corrected chi connectivity index (χ1v) is 6.27. The minimum absolute atomic E-state index is 0.105. The molecular weight excluding hydrogens is 303 g/mol. The summed E-state index contributed by atoms with van der Waals surface area (Å²) >= 11 is 11.8. The topological polar surface area (TPSA) is 73.3 Å². The molecule has 2 heterocycles. The van der Waals surface area contributed by atoms with Gasteiger partial charge in [0.1, 0.15) is 0 Å². The molecule has 0 saturated heterocycles. The summed E-state index contributed by atoms with van der Waals surface area (Å²) in [5.74, 6) is 0.345. The molecule has 6 nitrogen and oxygen atoms in total. The summed E-state index contributed by atoms with van der Waals surface area (Å²) in [7, 11) is 0. The van der Waals surface area contributed by atoms with Crippen LogP contribution in [0.25, 0.3) is 17.0 Å². The number of halogens is 2. The molecule has 0 atom stereocenters. The van der Waals surface area contributed by atoms with Crippen LogP contribution >= 0.6 is 23.2 Å². The van der Waals surface area contributed by atoms with Crippen LogP contribution in [-0.4, -0.2) is 19.5 Å². The Labute approximate surface area is 122 Å². The van der Waals surface area contributed by atoms with E-state index in [1.54, 1.807) is 30.5 Å². The van der Waals surface area contributed by atoms with E-state index < -0.39 is 4.92 Å². The average molecular weight is 309 g/mol. The van der Waals surface area contributed by atoms with Gasteiger partial charge in [0.2, 0.25) is 5.65 Å². The Balaban J connectivity index is 2.20. The molecular formula is C12H6Cl2N4O2. The quantitative estimate of drug-likeness (QED) is 0.535. The molecule has 1 aromatic carbocycles. The number of hydrogen-bond acceptors (Lipinski definition) is 4. The monoisotopic (exact) mass is 308 g/mol. The molecule has 20 heavy (non-hydrogen) atoms. The van der Waals surface area contributed by atoms with E-state index in [-0.39, 0.29) is 11.3 Å². The van der Waals surface area contributed by atoms with Crippen molar-refractivity contribution < 1.29 is 4.92 Å². The van der Waals surface area contributed by atoms with E-state index >= 15 is 0 Å². The van der Waals surface area contributed by atoms with Crippen molar-refractivity contribution in [1.29, 1.82) is 0 Å². The summed E-state index contributed by atoms with van der Waals surface area (Å²) < 4.78 is 1.36. The second-order valence-corrected chi connectivity index (χ2v) is 4.80. The molecule has 0 aliphatic rings. The fourth-order valence-electron chi connectivity index (χ4n) is 1.79. The molecule has 0 radical (unpaired) electrons. The van der Waals surface area contributed by atoms with E-state index in [0.29, 0.717) is 21.4 Å². The number of rotatable bonds is 2. The number of nitrogens with zero attached hydrogens (tertiary/aromatic N) is 4. The molecule has 0 N–H and O–H groups in total. The van der Waals surface area contributed by atoms with Crippen molar-refractivity contribution in [2.24, 2.45) is 0 Å². The fraction of sp³-hybridized carbons (Fsp3) is 0. The molecule has 0 amide bonds. The second-order valence-electron chi connectivity index (χ2n) is 3.98. The summed E-state index contributed by atoms with van der Waals surface area (Å²) in [6.45, 7) is 0. The van der Waals surface area contributed by atoms with Crippen LogP contribution in [0.5, 0.6) is 0 Å². The van der Waals surface area contributed by atoms with Crippen LogP contribution in [0.3, 0.4) is 0 Å². The Bertz CT molecular complexity index is 831. The predicted molar refractivity (Wildman–Crippen MR) is 75.1 cm³/mol. The maximum absolute atomic E-state index is 10.9. The lowest BCUT2D eigenvalue weighted by Crippen LogP contribution is -1.93. The zero-order valence-electron chi connectivity index (χ0n) is 9.83. The largest absolute Gasteiger partial charge is 0.313 e. The van der Waals surface area contributed by atoms with Crippen molar-refractivity contribution in [3.8, 4) is 11.4 Å². The van der Waals surface area contributed by atoms with Crippen LogP contribution in [0.1, 0.15) is 0 Å². The molecule has 0 fully saturated rings. The molecule has 0 unspecified atom stereocenters. The first-order valence-electron chi connectivity index (χ1n) is 5.51. The lowest BCUT2D eigenvalue weighted by atomic mass is 10.2. The minimum Gasteiger partial charge on any atom is -0.258 e. The van der Waals surface area contributed by atoms with Crippen molar-refractivity contribution >= 4 is 34.5 Å². The zero-order valence-corrected chi connectivity index (χ0v) is 11.3. The van der Waals surface area contributed by atoms with Crippen LogP contribution in [0.4, 0.5) is 5.69 Å². The van der Waals surface area contributed by atoms with E-state index in [2.05, 4.69) is 10.1 Å². The van der Waals surface area contributed by atoms with Gasteiger partial charge < -0.3 is 0 Å². The van der Waals surface area contributed by atoms with Gasteiger partial charge in [-0.25, -0.2) is 9.50 Å². The van der Waals surface area contributed by atoms with Gasteiger partial charge in [0.15, 0.2) is 5.82 Å². The van der Waals surface area contributed by atoms with Crippen LogP contribution in [-0.2, 0) is 0 Å². The normalized spacial score (nSPS) is 10.9. The molecule has 0 bridgehead atoms. The van der Waals surface area contributed by atoms with Gasteiger partial charge in [0.25, 0.3) is 0 Å². The van der Waals surface area contributed by atoms with Gasteiger partial charge in [-0.15, -0.1) is 5.10 Å². The Kier molecular flexibility index (Phi) is 3.04. The molecule has 0 aliphatic heterocycles. The molecule has 3 aromatic rings. The molecule has 3 rings (SSSR count). The van der Waals surface area contributed by atoms with Crippen molar-refractivity contribution in [3.05, 3.63) is 56.7 Å². The van der Waals surface area contributed by atoms with E-state index in [0.717, 1.165) is 0 Å². The Hall–Kier alpha value is -2.18. The van der Waals surface area contributed by atoms with Gasteiger partial charge in [-0.1, -0.05) is 23.2 Å². The van der Waals surface area contributed by atoms with Gasteiger partial charge in [0.05, 0.1) is 15.0 Å². The van der Waals surface area contributed by atoms with Crippen molar-refractivity contribution in [2.45, 2.75) is 0 Å². The van der Waals surface area contributed by atoms with Gasteiger partial charge in [0, 0.05) is 17.8 Å². The number of nitro groups is 1. The van der Waals surface area contributed by atoms with Gasteiger partial charge in [-0.2, -0.15) is 0 Å². The molecule has 0 spiro atoms. The Morgan fingerprint density at radius 2 is 2.00 bits per heavy atom. The third-order valence-electron chi connectivity index (χ3n) is 2.72. The Morgan fingerprint density at radius 3 is 2.70 bits per heavy atom. The van der Waals surface area contributed by atoms with Gasteiger partial charge >= 0.3 is 5.69 Å². The molecule has 0 aliphatic carbocycles. The number of fused-ring (bicyclic) bond motifs is 1. The Morgan fingerprint density at radius 1 is 1.20 bits per heavy atom. The smallest absolute Gasteiger partial charge is 0.258 e. The number of aromatic nitrogens is 3. The first-order chi connectivity index (χ1) is 9.56. The summed E-state index contributed by atoms with van der Waals surface area (Å²) in [5.41, 5.74) is 0.710. The highest BCUT2D eigenvalue weighted by Crippen LogP contribution is 2.28. The minimum atomic E-state index is -0.497. The third kappa shape index (κ3) is 2.09. The summed E-state index contributed by atoms with van der Waals surface area (Å²) in [6, 6.07) is 7.86. The second kappa shape index (κ2) is 4.73. The third-order valence-corrected chi connectivity index (χ3v) is 3.46. The standard InChI is InChI=1S/C12H6Cl2N4O2/c13-8-4-3-7(6-9(8)14)11-15-12-10(18(19)20)2-1-5-17(12)16-11/h1-6H. The average Bonchev–Trinajstić information content (AvgIpc) is 2.85. The van der Waals surface area contributed by atoms with Gasteiger partial charge in [-0.3, -0.25) is 10.1 Å². The number of pyridine rings is 1. The SMILES string of the molecule is O=[N+]([O-])c1cccn2nc(-c3ccc(Cl)c(Cl)c3)nc12. The summed E-state index contributed by atoms with van der Waals surface area (Å²) in [5, 5.41) is 15.9. The van der Waals surface area contributed by atoms with Crippen LogP contribution in [0.15, 0.2) is 36.5 Å². The highest BCUT2D eigenvalue weighted by atomic mass is 35.5. The molecule has 8 heteroatoms. The lowest BCUT2D eigenvalue weighted by Gasteiger charge is -1.97. The molecule has 100 valence electrons. The maximum Gasteiger partial charge on any atom is 0.313 e. The zero-order chi connectivity index (χ0) is 14.3. The number of benzene rings is 1. The van der Waals surface area contributed by atoms with Crippen molar-refractivity contribution in [2.75, 3.05) is 0 Å². The van der Waals surface area contributed by atoms with Crippen LogP contribution < -0.4 is 0 Å². The van der Waals surface area contributed by atoms with E-state index in [1.807, 2.05) is 0 Å². The number of hydrogen-bond donors (Lipinski definition) is 0. The van der Waals surface area contributed by atoms with Crippen LogP contribution in [0.2, 0.25) is 10.0 Å². The highest BCUT2D eigenvalue weighted by molar-refractivity contribution is 6.42. The van der Waals surface area contributed by atoms with Crippen molar-refractivity contribution in [3.63, 3.8) is 0 Å². The van der Waals surface area contributed by atoms with Crippen molar-refractivity contribution in [1.82, 2.24) is 14.6 Å². The van der Waals surface area contributed by atoms with Crippen LogP contribution in [0, 0.1) is 10.1 Å². The fourth-order valence-corrected chi connectivity index (χ4v) is 2.09. The van der Waals surface area contributed by atoms with E-state index in [1.165, 1.54) is 10.6 Å². The maximum atomic E-state index is 10.9. The lowest BCUT2D eigenvalue weighted by molar-refractivity contribution is -0.383. The van der Waals surface area contributed by atoms with E-state index in [4.69, 9.17) is 23.2 Å². The first kappa shape index (κ1) is 12.8. The highest BCUT2D eigenvalue weighted by Gasteiger charge is 2.17. The predicted octanol–water partition coefficient (Wildman–Crippen LogP) is 3.61. The summed E-state index contributed by atoms with van der Waals surface area (Å²) in [4.78, 5) is 14.6. The summed E-state index contributed by atoms with van der Waals surface area (Å²) in [6.07, 6.45) is 1.59.